The Kier molecular flexibility index (Phi) is 8.84. The minimum Gasteiger partial charge on any atom is -0.488 e. The number of benzene rings is 2. The van der Waals surface area contributed by atoms with Crippen LogP contribution in [0, 0.1) is 5.92 Å². The minimum atomic E-state index is -0.400. The summed E-state index contributed by atoms with van der Waals surface area (Å²) in [5.74, 6) is 0.563. The number of rotatable bonds is 7. The van der Waals surface area contributed by atoms with Gasteiger partial charge in [-0.15, -0.1) is 0 Å². The van der Waals surface area contributed by atoms with Gasteiger partial charge in [0.2, 0.25) is 5.91 Å². The highest BCUT2D eigenvalue weighted by atomic mass is 32.1. The lowest BCUT2D eigenvalue weighted by atomic mass is 9.86. The lowest BCUT2D eigenvalue weighted by Gasteiger charge is -2.21. The van der Waals surface area contributed by atoms with Gasteiger partial charge in [0.1, 0.15) is 12.4 Å². The zero-order valence-corrected chi connectivity index (χ0v) is 18.4. The highest BCUT2D eigenvalue weighted by Gasteiger charge is 2.16. The van der Waals surface area contributed by atoms with Gasteiger partial charge < -0.3 is 10.1 Å². The first-order valence-corrected chi connectivity index (χ1v) is 11.2. The van der Waals surface area contributed by atoms with Gasteiger partial charge in [-0.1, -0.05) is 74.6 Å². The summed E-state index contributed by atoms with van der Waals surface area (Å²) in [6, 6.07) is 16.7. The standard InChI is InChI=1S/C24H29N3O3S/c28-22(16-15-18-9-3-1-4-10-18)25-24(31)27-26-23(29)20-13-7-8-14-21(20)30-17-19-11-5-2-6-12-19/h2,5-8,11-14,18H,1,3-4,9-10,15-17H2,(H,26,29)(H2,25,27,28,31). The molecule has 2 amide bonds. The molecule has 6 nitrogen and oxygen atoms in total. The highest BCUT2D eigenvalue weighted by molar-refractivity contribution is 7.80. The molecule has 0 unspecified atom stereocenters. The molecule has 1 aliphatic carbocycles. The van der Waals surface area contributed by atoms with E-state index in [2.05, 4.69) is 16.2 Å². The van der Waals surface area contributed by atoms with Crippen LogP contribution >= 0.6 is 12.2 Å². The first kappa shape index (κ1) is 22.7. The summed E-state index contributed by atoms with van der Waals surface area (Å²) >= 11 is 5.13. The molecule has 1 saturated carbocycles. The molecular weight excluding hydrogens is 410 g/mol. The summed E-state index contributed by atoms with van der Waals surface area (Å²) in [7, 11) is 0. The van der Waals surface area contributed by atoms with Crippen molar-refractivity contribution in [2.75, 3.05) is 0 Å². The number of hydrogen-bond acceptors (Lipinski definition) is 4. The third-order valence-corrected chi connectivity index (χ3v) is 5.62. The third-order valence-electron chi connectivity index (χ3n) is 5.42. The Hall–Kier alpha value is -2.93. The van der Waals surface area contributed by atoms with Crippen molar-refractivity contribution in [1.82, 2.24) is 16.2 Å². The van der Waals surface area contributed by atoms with Crippen molar-refractivity contribution in [3.63, 3.8) is 0 Å². The van der Waals surface area contributed by atoms with Crippen LogP contribution in [0.4, 0.5) is 0 Å². The Labute approximate surface area is 188 Å². The smallest absolute Gasteiger partial charge is 0.273 e. The van der Waals surface area contributed by atoms with E-state index in [1.165, 1.54) is 32.1 Å². The number of thiocarbonyl (C=S) groups is 1. The van der Waals surface area contributed by atoms with Crippen molar-refractivity contribution in [3.8, 4) is 5.75 Å². The van der Waals surface area contributed by atoms with E-state index in [1.807, 2.05) is 36.4 Å². The number of ether oxygens (including phenoxy) is 1. The number of hydrazine groups is 1. The molecule has 0 aliphatic heterocycles. The topological polar surface area (TPSA) is 79.5 Å². The molecule has 0 aromatic heterocycles. The monoisotopic (exact) mass is 439 g/mol. The van der Waals surface area contributed by atoms with Crippen LogP contribution in [0.25, 0.3) is 0 Å². The molecule has 3 N–H and O–H groups in total. The fourth-order valence-corrected chi connectivity index (χ4v) is 3.89. The Morgan fingerprint density at radius 3 is 2.42 bits per heavy atom. The molecule has 0 saturated heterocycles. The first-order valence-electron chi connectivity index (χ1n) is 10.8. The van der Waals surface area contributed by atoms with E-state index in [0.717, 1.165) is 12.0 Å². The van der Waals surface area contributed by atoms with Crippen LogP contribution in [0.1, 0.15) is 60.9 Å². The van der Waals surface area contributed by atoms with Crippen LogP contribution in [-0.4, -0.2) is 16.9 Å². The summed E-state index contributed by atoms with van der Waals surface area (Å²) in [5.41, 5.74) is 6.50. The molecule has 0 atom stereocenters. The highest BCUT2D eigenvalue weighted by Crippen LogP contribution is 2.27. The molecular formula is C24H29N3O3S. The summed E-state index contributed by atoms with van der Waals surface area (Å²) in [6.07, 6.45) is 7.56. The first-order chi connectivity index (χ1) is 15.1. The van der Waals surface area contributed by atoms with Crippen LogP contribution in [0.15, 0.2) is 54.6 Å². The largest absolute Gasteiger partial charge is 0.488 e. The van der Waals surface area contributed by atoms with E-state index in [9.17, 15) is 9.59 Å². The Bertz CT molecular complexity index is 883. The average Bonchev–Trinajstić information content (AvgIpc) is 2.81. The fourth-order valence-electron chi connectivity index (χ4n) is 3.73. The van der Waals surface area contributed by atoms with Gasteiger partial charge in [0.15, 0.2) is 5.11 Å². The number of amides is 2. The molecule has 1 aliphatic rings. The Balaban J connectivity index is 1.43. The van der Waals surface area contributed by atoms with E-state index in [1.54, 1.807) is 18.2 Å². The van der Waals surface area contributed by atoms with Crippen molar-refractivity contribution in [2.24, 2.45) is 5.92 Å². The maximum absolute atomic E-state index is 12.6. The van der Waals surface area contributed by atoms with Crippen molar-refractivity contribution in [3.05, 3.63) is 65.7 Å². The van der Waals surface area contributed by atoms with Crippen molar-refractivity contribution < 1.29 is 14.3 Å². The molecule has 0 heterocycles. The van der Waals surface area contributed by atoms with Gasteiger partial charge in [-0.2, -0.15) is 0 Å². The summed E-state index contributed by atoms with van der Waals surface area (Å²) in [4.78, 5) is 24.7. The van der Waals surface area contributed by atoms with Crippen LogP contribution in [-0.2, 0) is 11.4 Å². The molecule has 0 spiro atoms. The van der Waals surface area contributed by atoms with Gasteiger partial charge in [0.25, 0.3) is 5.91 Å². The van der Waals surface area contributed by atoms with Crippen molar-refractivity contribution in [1.29, 1.82) is 0 Å². The van der Waals surface area contributed by atoms with Crippen LogP contribution in [0.5, 0.6) is 5.75 Å². The molecule has 7 heteroatoms. The zero-order chi connectivity index (χ0) is 21.9. The van der Waals surface area contributed by atoms with Gasteiger partial charge in [0.05, 0.1) is 5.56 Å². The lowest BCUT2D eigenvalue weighted by Crippen LogP contribution is -2.48. The number of hydrogen-bond donors (Lipinski definition) is 3. The van der Waals surface area contributed by atoms with Crippen LogP contribution in [0.2, 0.25) is 0 Å². The summed E-state index contributed by atoms with van der Waals surface area (Å²) in [6.45, 7) is 0.355. The Morgan fingerprint density at radius 1 is 0.935 bits per heavy atom. The third kappa shape index (κ3) is 7.68. The van der Waals surface area contributed by atoms with Crippen molar-refractivity contribution in [2.45, 2.75) is 51.6 Å². The molecule has 1 fully saturated rings. The van der Waals surface area contributed by atoms with E-state index < -0.39 is 5.91 Å². The lowest BCUT2D eigenvalue weighted by molar-refractivity contribution is -0.120. The van der Waals surface area contributed by atoms with E-state index in [-0.39, 0.29) is 11.0 Å². The SMILES string of the molecule is O=C(CCC1CCCCC1)NC(=S)NNC(=O)c1ccccc1OCc1ccccc1. The molecule has 3 rings (SSSR count). The summed E-state index contributed by atoms with van der Waals surface area (Å²) in [5, 5.41) is 2.70. The van der Waals surface area contributed by atoms with E-state index in [4.69, 9.17) is 17.0 Å². The number of carbonyl (C=O) groups excluding carboxylic acids is 2. The molecule has 164 valence electrons. The van der Waals surface area contributed by atoms with E-state index >= 15 is 0 Å². The van der Waals surface area contributed by atoms with Gasteiger partial charge in [-0.05, 0) is 42.3 Å². The second-order valence-electron chi connectivity index (χ2n) is 7.77. The number of carbonyl (C=O) groups is 2. The van der Waals surface area contributed by atoms with E-state index in [0.29, 0.717) is 30.3 Å². The fraction of sp³-hybridized carbons (Fsp3) is 0.375. The second-order valence-corrected chi connectivity index (χ2v) is 8.18. The quantitative estimate of drug-likeness (QED) is 0.444. The normalized spacial score (nSPS) is 13.8. The van der Waals surface area contributed by atoms with Crippen LogP contribution in [0.3, 0.4) is 0 Å². The van der Waals surface area contributed by atoms with Gasteiger partial charge in [0, 0.05) is 6.42 Å². The van der Waals surface area contributed by atoms with Gasteiger partial charge in [-0.3, -0.25) is 20.4 Å². The van der Waals surface area contributed by atoms with Crippen molar-refractivity contribution >= 4 is 29.1 Å². The molecule has 31 heavy (non-hydrogen) atoms. The molecule has 0 bridgehead atoms. The van der Waals surface area contributed by atoms with Gasteiger partial charge >= 0.3 is 0 Å². The molecule has 2 aromatic carbocycles. The molecule has 2 aromatic rings. The maximum atomic E-state index is 12.6. The zero-order valence-electron chi connectivity index (χ0n) is 17.6. The number of nitrogens with one attached hydrogen (secondary N) is 3. The minimum absolute atomic E-state index is 0.0738. The molecule has 0 radical (unpaired) electrons. The second kappa shape index (κ2) is 12.1. The maximum Gasteiger partial charge on any atom is 0.273 e. The predicted molar refractivity (Wildman–Crippen MR) is 124 cm³/mol. The predicted octanol–water partition coefficient (Wildman–Crippen LogP) is 4.26. The number of para-hydroxylation sites is 1. The summed E-state index contributed by atoms with van der Waals surface area (Å²) < 4.78 is 5.81. The average molecular weight is 440 g/mol. The van der Waals surface area contributed by atoms with Crippen LogP contribution < -0.4 is 20.9 Å². The van der Waals surface area contributed by atoms with Gasteiger partial charge in [-0.25, -0.2) is 0 Å². The Morgan fingerprint density at radius 2 is 1.65 bits per heavy atom.